The molecule has 0 aromatic heterocycles. The average Bonchev–Trinajstić information content (AvgIpc) is 1.75. The molecule has 0 aliphatic carbocycles. The molecule has 2 nitrogen and oxygen atoms in total. The summed E-state index contributed by atoms with van der Waals surface area (Å²) >= 11 is 0. The number of nitrogens with one attached hydrogen (secondary N) is 2. The van der Waals surface area contributed by atoms with Crippen molar-refractivity contribution in [3.05, 3.63) is 0 Å². The summed E-state index contributed by atoms with van der Waals surface area (Å²) < 4.78 is 23.1. The SMILES string of the molecule is FC(F)CCNC1CNC1. The fraction of sp³-hybridized carbons (Fsp3) is 1.00. The summed E-state index contributed by atoms with van der Waals surface area (Å²) in [7, 11) is 0. The molecule has 10 heavy (non-hydrogen) atoms. The van der Waals surface area contributed by atoms with Gasteiger partial charge in [-0.05, 0) is 0 Å². The molecule has 0 spiro atoms. The minimum atomic E-state index is -2.17. The van der Waals surface area contributed by atoms with Crippen LogP contribution in [0, 0.1) is 0 Å². The molecule has 4 heteroatoms. The highest BCUT2D eigenvalue weighted by Crippen LogP contribution is 1.97. The van der Waals surface area contributed by atoms with E-state index in [1.54, 1.807) is 0 Å². The van der Waals surface area contributed by atoms with Crippen LogP contribution in [-0.4, -0.2) is 32.1 Å². The Bertz CT molecular complexity index is 93.7. The van der Waals surface area contributed by atoms with E-state index in [4.69, 9.17) is 0 Å². The second-order valence-corrected chi connectivity index (χ2v) is 2.49. The maximum Gasteiger partial charge on any atom is 0.239 e. The largest absolute Gasteiger partial charge is 0.314 e. The van der Waals surface area contributed by atoms with Crippen molar-refractivity contribution in [2.75, 3.05) is 19.6 Å². The smallest absolute Gasteiger partial charge is 0.239 e. The Morgan fingerprint density at radius 2 is 2.20 bits per heavy atom. The molecule has 0 unspecified atom stereocenters. The predicted molar refractivity (Wildman–Crippen MR) is 35.3 cm³/mol. The van der Waals surface area contributed by atoms with Gasteiger partial charge in [0, 0.05) is 32.1 Å². The van der Waals surface area contributed by atoms with Crippen molar-refractivity contribution in [1.29, 1.82) is 0 Å². The zero-order valence-electron chi connectivity index (χ0n) is 5.74. The van der Waals surface area contributed by atoms with Crippen molar-refractivity contribution in [3.63, 3.8) is 0 Å². The zero-order valence-corrected chi connectivity index (χ0v) is 5.74. The maximum atomic E-state index is 11.6. The first-order valence-corrected chi connectivity index (χ1v) is 3.51. The van der Waals surface area contributed by atoms with Crippen LogP contribution >= 0.6 is 0 Å². The first-order chi connectivity index (χ1) is 4.79. The quantitative estimate of drug-likeness (QED) is 0.598. The number of hydrogen-bond donors (Lipinski definition) is 2. The highest BCUT2D eigenvalue weighted by atomic mass is 19.3. The lowest BCUT2D eigenvalue weighted by Crippen LogP contribution is -2.55. The van der Waals surface area contributed by atoms with Crippen LogP contribution in [0.5, 0.6) is 0 Å². The average molecular weight is 150 g/mol. The first-order valence-electron chi connectivity index (χ1n) is 3.51. The number of alkyl halides is 2. The van der Waals surface area contributed by atoms with E-state index >= 15 is 0 Å². The van der Waals surface area contributed by atoms with Crippen LogP contribution in [0.15, 0.2) is 0 Å². The summed E-state index contributed by atoms with van der Waals surface area (Å²) in [6.07, 6.45) is -2.20. The van der Waals surface area contributed by atoms with Crippen LogP contribution in [0.2, 0.25) is 0 Å². The van der Waals surface area contributed by atoms with Gasteiger partial charge in [-0.25, -0.2) is 8.78 Å². The van der Waals surface area contributed by atoms with E-state index in [0.29, 0.717) is 12.6 Å². The molecule has 60 valence electrons. The summed E-state index contributed by atoms with van der Waals surface area (Å²) in [6, 6.07) is 0.429. The standard InChI is InChI=1S/C6H12F2N2/c7-6(8)1-2-10-5-3-9-4-5/h5-6,9-10H,1-4H2. The molecule has 1 aliphatic rings. The van der Waals surface area contributed by atoms with Crippen LogP contribution in [0.1, 0.15) is 6.42 Å². The Hall–Kier alpha value is -0.220. The van der Waals surface area contributed by atoms with Crippen molar-refractivity contribution in [2.24, 2.45) is 0 Å². The van der Waals surface area contributed by atoms with E-state index in [0.717, 1.165) is 13.1 Å². The molecule has 1 saturated heterocycles. The zero-order chi connectivity index (χ0) is 7.40. The molecule has 1 heterocycles. The molecular formula is C6H12F2N2. The second-order valence-electron chi connectivity index (χ2n) is 2.49. The molecule has 0 aromatic rings. The molecule has 1 fully saturated rings. The third-order valence-electron chi connectivity index (χ3n) is 1.58. The van der Waals surface area contributed by atoms with Crippen LogP contribution in [0.25, 0.3) is 0 Å². The van der Waals surface area contributed by atoms with E-state index < -0.39 is 6.43 Å². The van der Waals surface area contributed by atoms with E-state index in [-0.39, 0.29) is 6.42 Å². The molecule has 2 N–H and O–H groups in total. The predicted octanol–water partition coefficient (Wildman–Crippen LogP) is 0.203. The molecule has 0 radical (unpaired) electrons. The summed E-state index contributed by atoms with van der Waals surface area (Å²) in [5.41, 5.74) is 0. The molecule has 0 atom stereocenters. The molecule has 1 aliphatic heterocycles. The summed E-state index contributed by atoms with van der Waals surface area (Å²) in [4.78, 5) is 0. The third kappa shape index (κ3) is 2.58. The normalized spacial score (nSPS) is 19.5. The van der Waals surface area contributed by atoms with Gasteiger partial charge in [-0.1, -0.05) is 0 Å². The van der Waals surface area contributed by atoms with Crippen LogP contribution < -0.4 is 10.6 Å². The topological polar surface area (TPSA) is 24.1 Å². The van der Waals surface area contributed by atoms with Crippen LogP contribution in [0.4, 0.5) is 8.78 Å². The maximum absolute atomic E-state index is 11.6. The van der Waals surface area contributed by atoms with Gasteiger partial charge in [0.15, 0.2) is 0 Å². The van der Waals surface area contributed by atoms with Crippen molar-refractivity contribution in [2.45, 2.75) is 18.9 Å². The molecular weight excluding hydrogens is 138 g/mol. The summed E-state index contributed by atoms with van der Waals surface area (Å²) in [5.74, 6) is 0. The summed E-state index contributed by atoms with van der Waals surface area (Å²) in [6.45, 7) is 2.27. The van der Waals surface area contributed by atoms with Crippen LogP contribution in [0.3, 0.4) is 0 Å². The Kier molecular flexibility index (Phi) is 3.02. The van der Waals surface area contributed by atoms with Gasteiger partial charge in [-0.15, -0.1) is 0 Å². The van der Waals surface area contributed by atoms with Crippen molar-refractivity contribution < 1.29 is 8.78 Å². The molecule has 0 bridgehead atoms. The monoisotopic (exact) mass is 150 g/mol. The molecule has 0 amide bonds. The van der Waals surface area contributed by atoms with Crippen LogP contribution in [-0.2, 0) is 0 Å². The minimum absolute atomic E-state index is 0.0312. The molecule has 1 rings (SSSR count). The van der Waals surface area contributed by atoms with Gasteiger partial charge in [0.1, 0.15) is 0 Å². The Morgan fingerprint density at radius 1 is 1.50 bits per heavy atom. The Balaban J connectivity index is 1.85. The Labute approximate surface area is 59.0 Å². The van der Waals surface area contributed by atoms with Crippen molar-refractivity contribution >= 4 is 0 Å². The van der Waals surface area contributed by atoms with E-state index in [2.05, 4.69) is 10.6 Å². The van der Waals surface area contributed by atoms with Gasteiger partial charge < -0.3 is 10.6 Å². The third-order valence-corrected chi connectivity index (χ3v) is 1.58. The lowest BCUT2D eigenvalue weighted by atomic mass is 10.2. The second kappa shape index (κ2) is 3.83. The summed E-state index contributed by atoms with van der Waals surface area (Å²) in [5, 5.41) is 6.06. The Morgan fingerprint density at radius 3 is 2.60 bits per heavy atom. The van der Waals surface area contributed by atoms with E-state index in [1.807, 2.05) is 0 Å². The lowest BCUT2D eigenvalue weighted by Gasteiger charge is -2.27. The van der Waals surface area contributed by atoms with Gasteiger partial charge in [0.2, 0.25) is 6.43 Å². The van der Waals surface area contributed by atoms with Crippen molar-refractivity contribution in [1.82, 2.24) is 10.6 Å². The van der Waals surface area contributed by atoms with E-state index in [9.17, 15) is 8.78 Å². The lowest BCUT2D eigenvalue weighted by molar-refractivity contribution is 0.134. The van der Waals surface area contributed by atoms with Gasteiger partial charge in [-0.2, -0.15) is 0 Å². The first kappa shape index (κ1) is 7.88. The van der Waals surface area contributed by atoms with Gasteiger partial charge in [-0.3, -0.25) is 0 Å². The van der Waals surface area contributed by atoms with Crippen molar-refractivity contribution in [3.8, 4) is 0 Å². The fourth-order valence-corrected chi connectivity index (χ4v) is 0.830. The number of hydrogen-bond acceptors (Lipinski definition) is 2. The minimum Gasteiger partial charge on any atom is -0.314 e. The highest BCUT2D eigenvalue weighted by Gasteiger charge is 2.15. The van der Waals surface area contributed by atoms with Gasteiger partial charge in [0.25, 0.3) is 0 Å². The number of halogens is 2. The van der Waals surface area contributed by atoms with Gasteiger partial charge in [0.05, 0.1) is 0 Å². The van der Waals surface area contributed by atoms with E-state index in [1.165, 1.54) is 0 Å². The molecule has 0 aromatic carbocycles. The van der Waals surface area contributed by atoms with Gasteiger partial charge >= 0.3 is 0 Å². The highest BCUT2D eigenvalue weighted by molar-refractivity contribution is 4.80. The number of rotatable bonds is 4. The fourth-order valence-electron chi connectivity index (χ4n) is 0.830. The molecule has 0 saturated carbocycles.